The van der Waals surface area contributed by atoms with Crippen molar-refractivity contribution < 1.29 is 54.1 Å². The van der Waals surface area contributed by atoms with Crippen molar-refractivity contribution in [3.63, 3.8) is 0 Å². The zero-order valence-corrected chi connectivity index (χ0v) is 34.0. The van der Waals surface area contributed by atoms with E-state index in [9.17, 15) is 49.4 Å². The van der Waals surface area contributed by atoms with Gasteiger partial charge in [-0.3, -0.25) is 34.4 Å². The maximum Gasteiger partial charge on any atom is 0.328 e. The molecule has 3 atom stereocenters. The van der Waals surface area contributed by atoms with Crippen LogP contribution >= 0.6 is 0 Å². The van der Waals surface area contributed by atoms with Gasteiger partial charge in [-0.2, -0.15) is 0 Å². The minimum Gasteiger partial charge on any atom is -0.504 e. The highest BCUT2D eigenvalue weighted by Gasteiger charge is 2.29. The molecule has 0 aliphatic carbocycles. The molecule has 2 rings (SSSR count). The van der Waals surface area contributed by atoms with Gasteiger partial charge in [0.15, 0.2) is 11.5 Å². The van der Waals surface area contributed by atoms with Gasteiger partial charge in [0, 0.05) is 19.5 Å². The Kier molecular flexibility index (Phi) is 24.0. The van der Waals surface area contributed by atoms with Crippen LogP contribution in [0, 0.1) is 0 Å². The fourth-order valence-electron chi connectivity index (χ4n) is 6.62. The van der Waals surface area contributed by atoms with Crippen LogP contribution in [0.2, 0.25) is 0 Å². The summed E-state index contributed by atoms with van der Waals surface area (Å²) in [5.74, 6) is -5.25. The number of hydrogen-bond acceptors (Lipinski definition) is 11. The second-order valence-corrected chi connectivity index (χ2v) is 15.0. The van der Waals surface area contributed by atoms with Gasteiger partial charge in [0.05, 0.1) is 18.5 Å². The average molecular weight is 806 g/mol. The van der Waals surface area contributed by atoms with E-state index in [1.807, 2.05) is 0 Å². The molecule has 1 unspecified atom stereocenters. The standard InChI is InChI=1S/C41H67N5O11/c1-3-4-5-6-7-8-9-10-11-12-13-14-15-25-37(50)45(55)26-18-17-23-33(44-36(49)29-42-39(52)31-21-20-24-34(47)38(31)51)41(54)57-30(2)28-35(48)43-32-22-16-19-27-46(56)40(32)53/h20-21,24,30,32-33,47,51,55-56H,3-19,22-23,25-29H2,1-2H3,(H,42,52)(H,43,48)(H,44,49)/t30-,32-,33?/m0/s1. The minimum atomic E-state index is -1.23. The van der Waals surface area contributed by atoms with Crippen LogP contribution in [0.5, 0.6) is 11.5 Å². The van der Waals surface area contributed by atoms with Crippen molar-refractivity contribution in [3.8, 4) is 11.5 Å². The first kappa shape index (κ1) is 48.7. The Morgan fingerprint density at radius 3 is 2.16 bits per heavy atom. The monoisotopic (exact) mass is 805 g/mol. The number of esters is 1. The molecular weight excluding hydrogens is 738 g/mol. The molecule has 7 N–H and O–H groups in total. The topological polar surface area (TPSA) is 235 Å². The number of aromatic hydroxyl groups is 2. The van der Waals surface area contributed by atoms with Gasteiger partial charge < -0.3 is 30.9 Å². The van der Waals surface area contributed by atoms with Crippen LogP contribution < -0.4 is 16.0 Å². The number of phenols is 2. The summed E-state index contributed by atoms with van der Waals surface area (Å²) in [7, 11) is 0. The SMILES string of the molecule is CCCCCCCCCCCCCCCC(=O)N(O)CCCCC(NC(=O)CNC(=O)c1cccc(O)c1O)C(=O)O[C@@H](C)CC(=O)N[C@H]1CCCCN(O)C1=O. The van der Waals surface area contributed by atoms with Crippen LogP contribution in [0.1, 0.15) is 159 Å². The number of hydroxylamine groups is 4. The fourth-order valence-corrected chi connectivity index (χ4v) is 6.62. The Bertz CT molecular complexity index is 1410. The first-order chi connectivity index (χ1) is 27.3. The number of phenolic OH excluding ortho intramolecular Hbond substituents is 2. The van der Waals surface area contributed by atoms with Crippen molar-refractivity contribution >= 4 is 35.5 Å². The summed E-state index contributed by atoms with van der Waals surface area (Å²) in [4.78, 5) is 76.2. The van der Waals surface area contributed by atoms with Crippen molar-refractivity contribution in [1.82, 2.24) is 26.1 Å². The summed E-state index contributed by atoms with van der Waals surface area (Å²) < 4.78 is 5.48. The highest BCUT2D eigenvalue weighted by atomic mass is 16.5. The summed E-state index contributed by atoms with van der Waals surface area (Å²) in [6.07, 6.45) is 16.5. The van der Waals surface area contributed by atoms with Gasteiger partial charge in [0.2, 0.25) is 17.7 Å². The smallest absolute Gasteiger partial charge is 0.328 e. The summed E-state index contributed by atoms with van der Waals surface area (Å²) in [5, 5.41) is 48.5. The van der Waals surface area contributed by atoms with E-state index in [-0.39, 0.29) is 50.2 Å². The third kappa shape index (κ3) is 20.0. The molecule has 1 fully saturated rings. The predicted molar refractivity (Wildman–Crippen MR) is 211 cm³/mol. The Labute approximate surface area is 337 Å². The molecule has 1 heterocycles. The van der Waals surface area contributed by atoms with Crippen LogP contribution in [0.4, 0.5) is 0 Å². The molecule has 0 spiro atoms. The fraction of sp³-hybridized carbons (Fsp3) is 0.707. The van der Waals surface area contributed by atoms with E-state index in [4.69, 9.17) is 4.74 Å². The summed E-state index contributed by atoms with van der Waals surface area (Å²) in [5.41, 5.74) is -0.264. The second kappa shape index (κ2) is 28.0. The van der Waals surface area contributed by atoms with E-state index >= 15 is 0 Å². The van der Waals surface area contributed by atoms with Gasteiger partial charge in [-0.25, -0.2) is 14.9 Å². The van der Waals surface area contributed by atoms with Crippen LogP contribution in [-0.2, 0) is 28.7 Å². The van der Waals surface area contributed by atoms with Gasteiger partial charge in [0.1, 0.15) is 18.2 Å². The summed E-state index contributed by atoms with van der Waals surface area (Å²) in [6, 6.07) is 1.64. The van der Waals surface area contributed by atoms with E-state index in [0.29, 0.717) is 42.2 Å². The van der Waals surface area contributed by atoms with Crippen LogP contribution in [0.15, 0.2) is 18.2 Å². The van der Waals surface area contributed by atoms with E-state index in [0.717, 1.165) is 19.3 Å². The van der Waals surface area contributed by atoms with Crippen molar-refractivity contribution in [1.29, 1.82) is 0 Å². The number of rotatable bonds is 28. The maximum absolute atomic E-state index is 13.3. The predicted octanol–water partition coefficient (Wildman–Crippen LogP) is 5.39. The number of para-hydroxylation sites is 1. The van der Waals surface area contributed by atoms with E-state index in [1.54, 1.807) is 0 Å². The third-order valence-corrected chi connectivity index (χ3v) is 9.97. The summed E-state index contributed by atoms with van der Waals surface area (Å²) >= 11 is 0. The number of unbranched alkanes of at least 4 members (excludes halogenated alkanes) is 13. The van der Waals surface area contributed by atoms with Gasteiger partial charge in [-0.05, 0) is 64.0 Å². The molecule has 5 amide bonds. The number of hydrogen-bond donors (Lipinski definition) is 7. The molecule has 0 aromatic heterocycles. The molecule has 1 saturated heterocycles. The second-order valence-electron chi connectivity index (χ2n) is 15.0. The number of carbonyl (C=O) groups excluding carboxylic acids is 6. The lowest BCUT2D eigenvalue weighted by molar-refractivity contribution is -0.167. The number of nitrogens with zero attached hydrogens (tertiary/aromatic N) is 2. The number of nitrogens with one attached hydrogen (secondary N) is 3. The molecule has 0 radical (unpaired) electrons. The number of benzene rings is 1. The highest BCUT2D eigenvalue weighted by molar-refractivity contribution is 5.99. The molecule has 322 valence electrons. The van der Waals surface area contributed by atoms with Crippen LogP contribution in [0.25, 0.3) is 0 Å². The number of carbonyl (C=O) groups is 6. The van der Waals surface area contributed by atoms with E-state index < -0.39 is 65.8 Å². The molecule has 1 aliphatic rings. The number of amides is 5. The van der Waals surface area contributed by atoms with Crippen molar-refractivity contribution in [2.75, 3.05) is 19.6 Å². The molecular formula is C41H67N5O11. The molecule has 16 heteroatoms. The molecule has 1 aromatic carbocycles. The molecule has 0 saturated carbocycles. The summed E-state index contributed by atoms with van der Waals surface area (Å²) in [6.45, 7) is 3.28. The Balaban J connectivity index is 1.82. The lowest BCUT2D eigenvalue weighted by atomic mass is 10.0. The first-order valence-corrected chi connectivity index (χ1v) is 20.9. The first-order valence-electron chi connectivity index (χ1n) is 20.9. The van der Waals surface area contributed by atoms with Crippen molar-refractivity contribution in [3.05, 3.63) is 23.8 Å². The largest absolute Gasteiger partial charge is 0.504 e. The molecule has 57 heavy (non-hydrogen) atoms. The van der Waals surface area contributed by atoms with Gasteiger partial charge in [-0.15, -0.1) is 0 Å². The van der Waals surface area contributed by atoms with Gasteiger partial charge >= 0.3 is 5.97 Å². The lowest BCUT2D eigenvalue weighted by Gasteiger charge is -2.22. The molecule has 0 bridgehead atoms. The molecule has 16 nitrogen and oxygen atoms in total. The third-order valence-electron chi connectivity index (χ3n) is 9.97. The van der Waals surface area contributed by atoms with E-state index in [1.165, 1.54) is 82.9 Å². The Hall–Kier alpha value is -4.44. The molecule has 1 aliphatic heterocycles. The Morgan fingerprint density at radius 2 is 1.51 bits per heavy atom. The zero-order valence-electron chi connectivity index (χ0n) is 34.0. The van der Waals surface area contributed by atoms with E-state index in [2.05, 4.69) is 22.9 Å². The normalized spacial score (nSPS) is 15.3. The minimum absolute atomic E-state index is 0.0121. The van der Waals surface area contributed by atoms with Crippen LogP contribution in [0.3, 0.4) is 0 Å². The number of ether oxygens (including phenoxy) is 1. The highest BCUT2D eigenvalue weighted by Crippen LogP contribution is 2.28. The maximum atomic E-state index is 13.3. The quantitative estimate of drug-likeness (QED) is 0.0186. The van der Waals surface area contributed by atoms with Gasteiger partial charge in [0.25, 0.3) is 11.8 Å². The van der Waals surface area contributed by atoms with Crippen molar-refractivity contribution in [2.24, 2.45) is 0 Å². The zero-order chi connectivity index (χ0) is 42.0. The average Bonchev–Trinajstić information content (AvgIpc) is 3.33. The molecule has 1 aromatic rings. The lowest BCUT2D eigenvalue weighted by Crippen LogP contribution is -2.48. The Morgan fingerprint density at radius 1 is 0.877 bits per heavy atom. The van der Waals surface area contributed by atoms with Crippen molar-refractivity contribution in [2.45, 2.75) is 167 Å². The van der Waals surface area contributed by atoms with Crippen LogP contribution in [-0.4, -0.2) is 104 Å². The van der Waals surface area contributed by atoms with Gasteiger partial charge in [-0.1, -0.05) is 90.0 Å².